The summed E-state index contributed by atoms with van der Waals surface area (Å²) >= 11 is 0. The number of rotatable bonds is 5. The average Bonchev–Trinajstić information content (AvgIpc) is 2.57. The van der Waals surface area contributed by atoms with Gasteiger partial charge in [0.15, 0.2) is 0 Å². The highest BCUT2D eigenvalue weighted by atomic mass is 16.5. The van der Waals surface area contributed by atoms with Crippen molar-refractivity contribution in [3.05, 3.63) is 23.7 Å². The molecule has 3 heteroatoms. The molecule has 86 valence electrons. The van der Waals surface area contributed by atoms with Crippen LogP contribution >= 0.6 is 0 Å². The molecule has 0 aliphatic carbocycles. The normalized spacial score (nSPS) is 12.0. The molecule has 1 aromatic heterocycles. The van der Waals surface area contributed by atoms with Gasteiger partial charge in [0.2, 0.25) is 0 Å². The van der Waals surface area contributed by atoms with Crippen LogP contribution in [0.4, 0.5) is 0 Å². The Kier molecular flexibility index (Phi) is 4.36. The van der Waals surface area contributed by atoms with E-state index >= 15 is 0 Å². The summed E-state index contributed by atoms with van der Waals surface area (Å²) in [7, 11) is 0. The zero-order valence-electron chi connectivity index (χ0n) is 10.1. The van der Waals surface area contributed by atoms with Gasteiger partial charge in [-0.05, 0) is 33.8 Å². The van der Waals surface area contributed by atoms with Crippen LogP contribution in [0.3, 0.4) is 0 Å². The minimum Gasteiger partial charge on any atom is -0.468 e. The zero-order valence-corrected chi connectivity index (χ0v) is 10.1. The van der Waals surface area contributed by atoms with Crippen molar-refractivity contribution in [1.29, 1.82) is 0 Å². The number of furan rings is 1. The quantitative estimate of drug-likeness (QED) is 0.813. The maximum absolute atomic E-state index is 5.41. The van der Waals surface area contributed by atoms with Crippen LogP contribution in [-0.4, -0.2) is 12.1 Å². The van der Waals surface area contributed by atoms with E-state index in [4.69, 9.17) is 9.15 Å². The molecule has 0 spiro atoms. The molecule has 0 aliphatic rings. The molecule has 0 saturated heterocycles. The average molecular weight is 211 g/mol. The largest absolute Gasteiger partial charge is 0.468 e. The first-order valence-corrected chi connectivity index (χ1v) is 5.41. The molecule has 0 aliphatic heterocycles. The summed E-state index contributed by atoms with van der Waals surface area (Å²) in [6.45, 7) is 10.5. The Morgan fingerprint density at radius 1 is 1.40 bits per heavy atom. The molecule has 1 rings (SSSR count). The lowest BCUT2D eigenvalue weighted by Gasteiger charge is -2.19. The monoisotopic (exact) mass is 211 g/mol. The lowest BCUT2D eigenvalue weighted by Crippen LogP contribution is -2.35. The number of nitrogens with one attached hydrogen (secondary N) is 1. The van der Waals surface area contributed by atoms with E-state index in [-0.39, 0.29) is 5.54 Å². The summed E-state index contributed by atoms with van der Waals surface area (Å²) in [5.74, 6) is 0.971. The van der Waals surface area contributed by atoms with Crippen LogP contribution in [0.25, 0.3) is 0 Å². The molecule has 3 nitrogen and oxygen atoms in total. The maximum Gasteiger partial charge on any atom is 0.123 e. The van der Waals surface area contributed by atoms with Crippen molar-refractivity contribution in [3.8, 4) is 0 Å². The van der Waals surface area contributed by atoms with Crippen molar-refractivity contribution in [1.82, 2.24) is 5.32 Å². The molecule has 0 atom stereocenters. The van der Waals surface area contributed by atoms with E-state index in [1.807, 2.05) is 13.0 Å². The first kappa shape index (κ1) is 12.3. The summed E-state index contributed by atoms with van der Waals surface area (Å²) in [4.78, 5) is 0. The Balaban J connectivity index is 2.50. The smallest absolute Gasteiger partial charge is 0.123 e. The van der Waals surface area contributed by atoms with Gasteiger partial charge in [0, 0.05) is 17.7 Å². The van der Waals surface area contributed by atoms with Crippen molar-refractivity contribution >= 4 is 0 Å². The lowest BCUT2D eigenvalue weighted by atomic mass is 10.1. The molecular formula is C12H21NO2. The second kappa shape index (κ2) is 5.33. The predicted octanol–water partition coefficient (Wildman–Crippen LogP) is 2.70. The van der Waals surface area contributed by atoms with Gasteiger partial charge in [-0.3, -0.25) is 0 Å². The lowest BCUT2D eigenvalue weighted by molar-refractivity contribution is 0.132. The van der Waals surface area contributed by atoms with Crippen molar-refractivity contribution in [2.24, 2.45) is 0 Å². The van der Waals surface area contributed by atoms with Gasteiger partial charge in [-0.15, -0.1) is 0 Å². The fraction of sp³-hybridized carbons (Fsp3) is 0.667. The molecule has 0 aromatic carbocycles. The van der Waals surface area contributed by atoms with Gasteiger partial charge in [0.25, 0.3) is 0 Å². The van der Waals surface area contributed by atoms with Crippen LogP contribution < -0.4 is 5.32 Å². The van der Waals surface area contributed by atoms with Gasteiger partial charge in [0.1, 0.15) is 5.76 Å². The molecule has 0 fully saturated rings. The molecule has 0 radical (unpaired) electrons. The molecule has 1 aromatic rings. The molecular weight excluding hydrogens is 190 g/mol. The summed E-state index contributed by atoms with van der Waals surface area (Å²) in [5, 5.41) is 3.39. The molecule has 0 amide bonds. The van der Waals surface area contributed by atoms with E-state index in [9.17, 15) is 0 Å². The van der Waals surface area contributed by atoms with E-state index in [2.05, 4.69) is 26.1 Å². The number of ether oxygens (including phenoxy) is 1. The Morgan fingerprint density at radius 3 is 2.73 bits per heavy atom. The standard InChI is InChI=1S/C12H21NO2/c1-5-14-9-10-6-7-15-11(10)8-13-12(2,3)4/h6-7,13H,5,8-9H2,1-4H3. The highest BCUT2D eigenvalue weighted by Crippen LogP contribution is 2.13. The van der Waals surface area contributed by atoms with Crippen LogP contribution in [0.1, 0.15) is 39.0 Å². The molecule has 0 bridgehead atoms. The van der Waals surface area contributed by atoms with Crippen LogP contribution in [0.15, 0.2) is 16.7 Å². The van der Waals surface area contributed by atoms with E-state index in [0.717, 1.165) is 24.5 Å². The Hall–Kier alpha value is -0.800. The van der Waals surface area contributed by atoms with E-state index < -0.39 is 0 Å². The molecule has 0 unspecified atom stereocenters. The first-order chi connectivity index (χ1) is 7.03. The number of hydrogen-bond acceptors (Lipinski definition) is 3. The molecule has 1 heterocycles. The van der Waals surface area contributed by atoms with Crippen molar-refractivity contribution < 1.29 is 9.15 Å². The summed E-state index contributed by atoms with van der Waals surface area (Å²) in [5.41, 5.74) is 1.24. The molecule has 1 N–H and O–H groups in total. The third kappa shape index (κ3) is 4.49. The third-order valence-corrected chi connectivity index (χ3v) is 2.08. The summed E-state index contributed by atoms with van der Waals surface area (Å²) < 4.78 is 10.8. The summed E-state index contributed by atoms with van der Waals surface area (Å²) in [6, 6.07) is 1.97. The molecule has 0 saturated carbocycles. The van der Waals surface area contributed by atoms with Gasteiger partial charge in [0.05, 0.1) is 19.4 Å². The summed E-state index contributed by atoms with van der Waals surface area (Å²) in [6.07, 6.45) is 1.72. The van der Waals surface area contributed by atoms with Crippen molar-refractivity contribution in [2.75, 3.05) is 6.61 Å². The van der Waals surface area contributed by atoms with Gasteiger partial charge >= 0.3 is 0 Å². The zero-order chi connectivity index (χ0) is 11.3. The third-order valence-electron chi connectivity index (χ3n) is 2.08. The van der Waals surface area contributed by atoms with Crippen molar-refractivity contribution in [3.63, 3.8) is 0 Å². The van der Waals surface area contributed by atoms with E-state index in [1.54, 1.807) is 6.26 Å². The Labute approximate surface area is 91.8 Å². The van der Waals surface area contributed by atoms with Crippen molar-refractivity contribution in [2.45, 2.75) is 46.4 Å². The Morgan fingerprint density at radius 2 is 2.13 bits per heavy atom. The van der Waals surface area contributed by atoms with Gasteiger partial charge < -0.3 is 14.5 Å². The SMILES string of the molecule is CCOCc1ccoc1CNC(C)(C)C. The second-order valence-corrected chi connectivity index (χ2v) is 4.61. The maximum atomic E-state index is 5.41. The van der Waals surface area contributed by atoms with Gasteiger partial charge in [-0.1, -0.05) is 0 Å². The fourth-order valence-electron chi connectivity index (χ4n) is 1.21. The highest BCUT2D eigenvalue weighted by Gasteiger charge is 2.12. The minimum absolute atomic E-state index is 0.107. The van der Waals surface area contributed by atoms with Gasteiger partial charge in [-0.2, -0.15) is 0 Å². The molecule has 15 heavy (non-hydrogen) atoms. The fourth-order valence-corrected chi connectivity index (χ4v) is 1.21. The second-order valence-electron chi connectivity index (χ2n) is 4.61. The highest BCUT2D eigenvalue weighted by molar-refractivity contribution is 5.16. The van der Waals surface area contributed by atoms with Crippen LogP contribution in [0, 0.1) is 0 Å². The van der Waals surface area contributed by atoms with Crippen LogP contribution in [0.5, 0.6) is 0 Å². The van der Waals surface area contributed by atoms with Crippen LogP contribution in [0.2, 0.25) is 0 Å². The number of hydrogen-bond donors (Lipinski definition) is 1. The topological polar surface area (TPSA) is 34.4 Å². The minimum atomic E-state index is 0.107. The Bertz CT molecular complexity index is 286. The predicted molar refractivity (Wildman–Crippen MR) is 60.6 cm³/mol. The van der Waals surface area contributed by atoms with E-state index in [1.165, 1.54) is 0 Å². The van der Waals surface area contributed by atoms with Gasteiger partial charge in [-0.25, -0.2) is 0 Å². The van der Waals surface area contributed by atoms with E-state index in [0.29, 0.717) is 6.61 Å². The van der Waals surface area contributed by atoms with Crippen LogP contribution in [-0.2, 0) is 17.9 Å². The first-order valence-electron chi connectivity index (χ1n) is 5.41.